The second kappa shape index (κ2) is 8.82. The van der Waals surface area contributed by atoms with Crippen molar-refractivity contribution >= 4 is 41.5 Å². The average Bonchev–Trinajstić information content (AvgIpc) is 2.88. The molecular formula is C15H21Cl3N2O2. The van der Waals surface area contributed by atoms with Crippen LogP contribution in [0.5, 0.6) is 5.75 Å². The molecule has 0 atom stereocenters. The Kier molecular flexibility index (Phi) is 7.77. The molecule has 0 aliphatic heterocycles. The Balaban J connectivity index is 0.00000242. The molecule has 22 heavy (non-hydrogen) atoms. The van der Waals surface area contributed by atoms with E-state index in [0.29, 0.717) is 35.4 Å². The van der Waals surface area contributed by atoms with Gasteiger partial charge in [0.25, 0.3) is 0 Å². The molecule has 0 spiro atoms. The number of nitrogens with one attached hydrogen (secondary N) is 1. The third kappa shape index (κ3) is 5.20. The molecule has 0 aromatic heterocycles. The zero-order valence-electron chi connectivity index (χ0n) is 12.2. The maximum atomic E-state index is 12.0. The van der Waals surface area contributed by atoms with Crippen molar-refractivity contribution in [1.29, 1.82) is 0 Å². The van der Waals surface area contributed by atoms with Crippen LogP contribution in [-0.4, -0.2) is 24.6 Å². The van der Waals surface area contributed by atoms with Gasteiger partial charge in [0.05, 0.1) is 17.2 Å². The minimum Gasteiger partial charge on any atom is -0.492 e. The molecule has 2 rings (SSSR count). The van der Waals surface area contributed by atoms with Gasteiger partial charge in [0.15, 0.2) is 0 Å². The number of hydrogen-bond donors (Lipinski definition) is 2. The van der Waals surface area contributed by atoms with Crippen LogP contribution >= 0.6 is 35.6 Å². The van der Waals surface area contributed by atoms with Gasteiger partial charge < -0.3 is 15.8 Å². The number of rotatable bonds is 6. The minimum atomic E-state index is -0.666. The summed E-state index contributed by atoms with van der Waals surface area (Å²) < 4.78 is 5.55. The number of ether oxygens (including phenoxy) is 1. The molecule has 3 N–H and O–H groups in total. The summed E-state index contributed by atoms with van der Waals surface area (Å²) in [6, 6.07) is 5.10. The zero-order valence-corrected chi connectivity index (χ0v) is 14.6. The SMILES string of the molecule is Cl.NC1(C(=O)NCCCOc2ccc(Cl)cc2Cl)CCCC1. The Labute approximate surface area is 147 Å². The summed E-state index contributed by atoms with van der Waals surface area (Å²) in [5.74, 6) is 0.544. The van der Waals surface area contributed by atoms with E-state index in [1.54, 1.807) is 18.2 Å². The molecule has 7 heteroatoms. The fourth-order valence-electron chi connectivity index (χ4n) is 2.46. The highest BCUT2D eigenvalue weighted by atomic mass is 35.5. The fraction of sp³-hybridized carbons (Fsp3) is 0.533. The summed E-state index contributed by atoms with van der Waals surface area (Å²) in [5, 5.41) is 3.94. The lowest BCUT2D eigenvalue weighted by molar-refractivity contribution is -0.126. The van der Waals surface area contributed by atoms with Crippen molar-refractivity contribution in [2.24, 2.45) is 5.73 Å². The van der Waals surface area contributed by atoms with Gasteiger partial charge in [-0.3, -0.25) is 4.79 Å². The van der Waals surface area contributed by atoms with Crippen LogP contribution in [0.2, 0.25) is 10.0 Å². The van der Waals surface area contributed by atoms with Gasteiger partial charge in [0, 0.05) is 11.6 Å². The quantitative estimate of drug-likeness (QED) is 0.755. The number of hydrogen-bond acceptors (Lipinski definition) is 3. The van der Waals surface area contributed by atoms with Gasteiger partial charge in [-0.05, 0) is 37.5 Å². The van der Waals surface area contributed by atoms with Crippen LogP contribution in [0.3, 0.4) is 0 Å². The number of benzene rings is 1. The number of nitrogens with two attached hydrogens (primary N) is 1. The minimum absolute atomic E-state index is 0. The highest BCUT2D eigenvalue weighted by Crippen LogP contribution is 2.28. The average molecular weight is 368 g/mol. The molecule has 124 valence electrons. The van der Waals surface area contributed by atoms with Crippen LogP contribution in [0.1, 0.15) is 32.1 Å². The first-order valence-corrected chi connectivity index (χ1v) is 7.92. The van der Waals surface area contributed by atoms with Gasteiger partial charge in [0.1, 0.15) is 5.75 Å². The molecule has 0 heterocycles. The molecule has 1 fully saturated rings. The molecule has 4 nitrogen and oxygen atoms in total. The molecule has 0 radical (unpaired) electrons. The molecule has 0 bridgehead atoms. The van der Waals surface area contributed by atoms with Crippen LogP contribution < -0.4 is 15.8 Å². The van der Waals surface area contributed by atoms with E-state index in [9.17, 15) is 4.79 Å². The maximum Gasteiger partial charge on any atom is 0.240 e. The Hall–Kier alpha value is -0.680. The molecule has 1 aromatic carbocycles. The first-order valence-electron chi connectivity index (χ1n) is 7.16. The normalized spacial score (nSPS) is 16.0. The summed E-state index contributed by atoms with van der Waals surface area (Å²) in [6.45, 7) is 1.02. The van der Waals surface area contributed by atoms with Gasteiger partial charge in [-0.2, -0.15) is 0 Å². The number of carbonyl (C=O) groups is 1. The van der Waals surface area contributed by atoms with E-state index in [1.807, 2.05) is 0 Å². The van der Waals surface area contributed by atoms with E-state index in [4.69, 9.17) is 33.7 Å². The summed E-state index contributed by atoms with van der Waals surface area (Å²) in [5.41, 5.74) is 5.40. The third-order valence-electron chi connectivity index (χ3n) is 3.71. The van der Waals surface area contributed by atoms with Gasteiger partial charge in [-0.1, -0.05) is 36.0 Å². The summed E-state index contributed by atoms with van der Waals surface area (Å²) >= 11 is 11.8. The molecule has 0 saturated heterocycles. The highest BCUT2D eigenvalue weighted by molar-refractivity contribution is 6.35. The van der Waals surface area contributed by atoms with Crippen LogP contribution in [-0.2, 0) is 4.79 Å². The molecule has 1 aliphatic rings. The molecule has 1 aliphatic carbocycles. The molecule has 1 amide bonds. The van der Waals surface area contributed by atoms with Crippen LogP contribution in [0.4, 0.5) is 0 Å². The Morgan fingerprint density at radius 1 is 1.32 bits per heavy atom. The van der Waals surface area contributed by atoms with Crippen LogP contribution in [0, 0.1) is 0 Å². The second-order valence-electron chi connectivity index (χ2n) is 5.40. The van der Waals surface area contributed by atoms with Gasteiger partial charge in [-0.25, -0.2) is 0 Å². The van der Waals surface area contributed by atoms with E-state index in [0.717, 1.165) is 25.7 Å². The number of halogens is 3. The van der Waals surface area contributed by atoms with Crippen molar-refractivity contribution in [3.63, 3.8) is 0 Å². The maximum absolute atomic E-state index is 12.0. The summed E-state index contributed by atoms with van der Waals surface area (Å²) in [4.78, 5) is 12.0. The largest absolute Gasteiger partial charge is 0.492 e. The van der Waals surface area contributed by atoms with E-state index in [2.05, 4.69) is 5.32 Å². The molecule has 1 saturated carbocycles. The standard InChI is InChI=1S/C15H20Cl2N2O2.ClH/c16-11-4-5-13(12(17)10-11)21-9-3-8-19-14(20)15(18)6-1-2-7-15;/h4-5,10H,1-3,6-9,18H2,(H,19,20);1H. The lowest BCUT2D eigenvalue weighted by Gasteiger charge is -2.22. The topological polar surface area (TPSA) is 64.4 Å². The predicted octanol–water partition coefficient (Wildman–Crippen LogP) is 3.57. The van der Waals surface area contributed by atoms with E-state index in [-0.39, 0.29) is 18.3 Å². The first kappa shape index (κ1) is 19.4. The Bertz CT molecular complexity index is 506. The Morgan fingerprint density at radius 2 is 2.00 bits per heavy atom. The summed E-state index contributed by atoms with van der Waals surface area (Å²) in [7, 11) is 0. The Morgan fingerprint density at radius 3 is 2.64 bits per heavy atom. The fourth-order valence-corrected chi connectivity index (χ4v) is 2.92. The molecule has 0 unspecified atom stereocenters. The summed E-state index contributed by atoms with van der Waals surface area (Å²) in [6.07, 6.45) is 4.30. The second-order valence-corrected chi connectivity index (χ2v) is 6.24. The highest BCUT2D eigenvalue weighted by Gasteiger charge is 2.36. The van der Waals surface area contributed by atoms with Gasteiger partial charge in [0.2, 0.25) is 5.91 Å². The predicted molar refractivity (Wildman–Crippen MR) is 92.2 cm³/mol. The lowest BCUT2D eigenvalue weighted by Crippen LogP contribution is -2.52. The first-order chi connectivity index (χ1) is 10.0. The van der Waals surface area contributed by atoms with Crippen LogP contribution in [0.25, 0.3) is 0 Å². The van der Waals surface area contributed by atoms with Gasteiger partial charge in [-0.15, -0.1) is 12.4 Å². The molecule has 1 aromatic rings. The van der Waals surface area contributed by atoms with E-state index < -0.39 is 5.54 Å². The van der Waals surface area contributed by atoms with Gasteiger partial charge >= 0.3 is 0 Å². The van der Waals surface area contributed by atoms with Crippen LogP contribution in [0.15, 0.2) is 18.2 Å². The lowest BCUT2D eigenvalue weighted by atomic mass is 9.98. The molecular weight excluding hydrogens is 347 g/mol. The van der Waals surface area contributed by atoms with E-state index >= 15 is 0 Å². The number of amides is 1. The smallest absolute Gasteiger partial charge is 0.240 e. The van der Waals surface area contributed by atoms with E-state index in [1.165, 1.54) is 0 Å². The zero-order chi connectivity index (χ0) is 15.3. The van der Waals surface area contributed by atoms with Crippen molar-refractivity contribution in [1.82, 2.24) is 5.32 Å². The monoisotopic (exact) mass is 366 g/mol. The number of carbonyl (C=O) groups excluding carboxylic acids is 1. The van der Waals surface area contributed by atoms with Crippen molar-refractivity contribution in [2.75, 3.05) is 13.2 Å². The van der Waals surface area contributed by atoms with Crippen molar-refractivity contribution in [2.45, 2.75) is 37.6 Å². The van der Waals surface area contributed by atoms with Crippen molar-refractivity contribution < 1.29 is 9.53 Å². The van der Waals surface area contributed by atoms with Crippen molar-refractivity contribution in [3.8, 4) is 5.75 Å². The van der Waals surface area contributed by atoms with Crippen molar-refractivity contribution in [3.05, 3.63) is 28.2 Å². The third-order valence-corrected chi connectivity index (χ3v) is 4.24.